The maximum Gasteiger partial charge on any atom is 0.344 e. The zero-order valence-corrected chi connectivity index (χ0v) is 18.3. The van der Waals surface area contributed by atoms with E-state index in [-0.39, 0.29) is 13.2 Å². The third-order valence-electron chi connectivity index (χ3n) is 4.68. The van der Waals surface area contributed by atoms with Gasteiger partial charge < -0.3 is 24.3 Å². The first kappa shape index (κ1) is 22.6. The van der Waals surface area contributed by atoms with Gasteiger partial charge in [-0.15, -0.1) is 11.3 Å². The fraction of sp³-hybridized carbons (Fsp3) is 0.409. The van der Waals surface area contributed by atoms with Crippen molar-refractivity contribution in [2.24, 2.45) is 0 Å². The average Bonchev–Trinajstić information content (AvgIpc) is 3.14. The summed E-state index contributed by atoms with van der Waals surface area (Å²) in [5.74, 6) is -0.499. The third-order valence-corrected chi connectivity index (χ3v) is 5.89. The molecule has 8 nitrogen and oxygen atoms in total. The first-order valence-corrected chi connectivity index (χ1v) is 10.9. The SMILES string of the molecule is CCOC(=O)c1c(NC(=O)COC(=O)COc2ccc(OC)cc2)sc2c1CCCC2. The molecule has 0 radical (unpaired) electrons. The fourth-order valence-corrected chi connectivity index (χ4v) is 4.53. The van der Waals surface area contributed by atoms with Crippen LogP contribution in [0.4, 0.5) is 5.00 Å². The summed E-state index contributed by atoms with van der Waals surface area (Å²) in [6, 6.07) is 6.73. The lowest BCUT2D eigenvalue weighted by Gasteiger charge is -2.12. The molecule has 0 saturated heterocycles. The second-order valence-electron chi connectivity index (χ2n) is 6.81. The largest absolute Gasteiger partial charge is 0.497 e. The number of methoxy groups -OCH3 is 1. The Balaban J connectivity index is 1.53. The lowest BCUT2D eigenvalue weighted by atomic mass is 9.95. The summed E-state index contributed by atoms with van der Waals surface area (Å²) in [7, 11) is 1.55. The number of anilines is 1. The molecule has 1 heterocycles. The number of rotatable bonds is 9. The smallest absolute Gasteiger partial charge is 0.344 e. The molecule has 0 unspecified atom stereocenters. The molecule has 2 aromatic rings. The lowest BCUT2D eigenvalue weighted by Crippen LogP contribution is -2.24. The van der Waals surface area contributed by atoms with E-state index in [2.05, 4.69) is 5.32 Å². The lowest BCUT2D eigenvalue weighted by molar-refractivity contribution is -0.149. The summed E-state index contributed by atoms with van der Waals surface area (Å²) in [4.78, 5) is 37.7. The van der Waals surface area contributed by atoms with Crippen molar-refractivity contribution in [3.63, 3.8) is 0 Å². The van der Waals surface area contributed by atoms with Crippen molar-refractivity contribution in [3.05, 3.63) is 40.3 Å². The van der Waals surface area contributed by atoms with Gasteiger partial charge >= 0.3 is 11.9 Å². The quantitative estimate of drug-likeness (QED) is 0.588. The molecule has 0 bridgehead atoms. The standard InChI is InChI=1S/C22H25NO7S/c1-3-28-22(26)20-16-6-4-5-7-17(16)31-21(20)23-18(24)12-30-19(25)13-29-15-10-8-14(27-2)9-11-15/h8-11H,3-7,12-13H2,1-2H3,(H,23,24). The topological polar surface area (TPSA) is 100 Å². The van der Waals surface area contributed by atoms with Crippen molar-refractivity contribution in [2.45, 2.75) is 32.6 Å². The van der Waals surface area contributed by atoms with Crippen molar-refractivity contribution >= 4 is 34.2 Å². The van der Waals surface area contributed by atoms with Crippen LogP contribution in [0.1, 0.15) is 40.6 Å². The van der Waals surface area contributed by atoms with Crippen LogP contribution in [0, 0.1) is 0 Å². The van der Waals surface area contributed by atoms with Gasteiger partial charge in [-0.25, -0.2) is 9.59 Å². The highest BCUT2D eigenvalue weighted by Gasteiger charge is 2.27. The van der Waals surface area contributed by atoms with Gasteiger partial charge in [-0.3, -0.25) is 4.79 Å². The van der Waals surface area contributed by atoms with Crippen molar-refractivity contribution < 1.29 is 33.3 Å². The Hall–Kier alpha value is -3.07. The van der Waals surface area contributed by atoms with Crippen LogP contribution >= 0.6 is 11.3 Å². The Morgan fingerprint density at radius 1 is 1.00 bits per heavy atom. The van der Waals surface area contributed by atoms with Crippen molar-refractivity contribution in [1.82, 2.24) is 0 Å². The normalized spacial score (nSPS) is 12.5. The van der Waals surface area contributed by atoms with Crippen LogP contribution in [0.25, 0.3) is 0 Å². The van der Waals surface area contributed by atoms with Gasteiger partial charge in [-0.05, 0) is 62.4 Å². The number of hydrogen-bond donors (Lipinski definition) is 1. The summed E-state index contributed by atoms with van der Waals surface area (Å²) in [5, 5.41) is 3.14. The van der Waals surface area contributed by atoms with Crippen LogP contribution in [-0.4, -0.2) is 44.8 Å². The van der Waals surface area contributed by atoms with E-state index in [9.17, 15) is 14.4 Å². The number of carbonyl (C=O) groups is 3. The zero-order chi connectivity index (χ0) is 22.2. The van der Waals surface area contributed by atoms with Crippen LogP contribution in [0.15, 0.2) is 24.3 Å². The van der Waals surface area contributed by atoms with E-state index in [1.807, 2.05) is 0 Å². The van der Waals surface area contributed by atoms with Gasteiger partial charge in [-0.1, -0.05) is 0 Å². The van der Waals surface area contributed by atoms with Crippen LogP contribution in [-0.2, 0) is 31.9 Å². The Morgan fingerprint density at radius 3 is 2.42 bits per heavy atom. The van der Waals surface area contributed by atoms with E-state index in [1.165, 1.54) is 11.3 Å². The highest BCUT2D eigenvalue weighted by Crippen LogP contribution is 2.38. The van der Waals surface area contributed by atoms with E-state index in [0.717, 1.165) is 36.1 Å². The first-order chi connectivity index (χ1) is 15.0. The Labute approximate surface area is 184 Å². The summed E-state index contributed by atoms with van der Waals surface area (Å²) >= 11 is 1.38. The molecule has 1 aromatic heterocycles. The molecule has 1 aliphatic rings. The number of fused-ring (bicyclic) bond motifs is 1. The second kappa shape index (κ2) is 10.8. The molecule has 0 saturated carbocycles. The van der Waals surface area contributed by atoms with E-state index in [0.29, 0.717) is 22.1 Å². The highest BCUT2D eigenvalue weighted by atomic mass is 32.1. The van der Waals surface area contributed by atoms with Gasteiger partial charge in [-0.2, -0.15) is 0 Å². The Morgan fingerprint density at radius 2 is 1.71 bits per heavy atom. The molecule has 1 amide bonds. The van der Waals surface area contributed by atoms with Crippen LogP contribution < -0.4 is 14.8 Å². The number of amides is 1. The van der Waals surface area contributed by atoms with Gasteiger partial charge in [0.1, 0.15) is 16.5 Å². The molecular weight excluding hydrogens is 422 g/mol. The molecule has 3 rings (SSSR count). The number of benzene rings is 1. The molecule has 166 valence electrons. The number of esters is 2. The van der Waals surface area contributed by atoms with Gasteiger partial charge in [0.2, 0.25) is 0 Å². The molecule has 0 fully saturated rings. The molecule has 1 N–H and O–H groups in total. The molecule has 0 atom stereocenters. The van der Waals surface area contributed by atoms with Gasteiger partial charge in [0, 0.05) is 4.88 Å². The van der Waals surface area contributed by atoms with E-state index >= 15 is 0 Å². The molecule has 9 heteroatoms. The van der Waals surface area contributed by atoms with Crippen molar-refractivity contribution in [3.8, 4) is 11.5 Å². The predicted octanol–water partition coefficient (Wildman–Crippen LogP) is 3.37. The molecule has 1 aromatic carbocycles. The number of nitrogens with one attached hydrogen (secondary N) is 1. The summed E-state index contributed by atoms with van der Waals surface area (Å²) < 4.78 is 20.5. The summed E-state index contributed by atoms with van der Waals surface area (Å²) in [6.07, 6.45) is 3.71. The van der Waals surface area contributed by atoms with Crippen molar-refractivity contribution in [1.29, 1.82) is 0 Å². The summed E-state index contributed by atoms with van der Waals surface area (Å²) in [6.45, 7) is 1.18. The number of aryl methyl sites for hydroxylation is 1. The average molecular weight is 448 g/mol. The first-order valence-electron chi connectivity index (χ1n) is 10.1. The van der Waals surface area contributed by atoms with Gasteiger partial charge in [0.25, 0.3) is 5.91 Å². The van der Waals surface area contributed by atoms with E-state index in [1.54, 1.807) is 38.3 Å². The van der Waals surface area contributed by atoms with Crippen LogP contribution in [0.5, 0.6) is 11.5 Å². The molecule has 0 aliphatic heterocycles. The maximum absolute atomic E-state index is 12.4. The second-order valence-corrected chi connectivity index (χ2v) is 7.91. The highest BCUT2D eigenvalue weighted by molar-refractivity contribution is 7.17. The maximum atomic E-state index is 12.4. The van der Waals surface area contributed by atoms with E-state index < -0.39 is 24.5 Å². The minimum Gasteiger partial charge on any atom is -0.497 e. The summed E-state index contributed by atoms with van der Waals surface area (Å²) in [5.41, 5.74) is 1.37. The number of hydrogen-bond acceptors (Lipinski definition) is 8. The van der Waals surface area contributed by atoms with Crippen LogP contribution in [0.3, 0.4) is 0 Å². The van der Waals surface area contributed by atoms with Crippen molar-refractivity contribution in [2.75, 3.05) is 32.2 Å². The molecule has 0 spiro atoms. The van der Waals surface area contributed by atoms with E-state index in [4.69, 9.17) is 18.9 Å². The fourth-order valence-electron chi connectivity index (χ4n) is 3.24. The minimum atomic E-state index is -0.679. The van der Waals surface area contributed by atoms with Gasteiger partial charge in [0.05, 0.1) is 19.3 Å². The predicted molar refractivity (Wildman–Crippen MR) is 115 cm³/mol. The number of thiophene rings is 1. The molecule has 31 heavy (non-hydrogen) atoms. The Kier molecular flexibility index (Phi) is 7.88. The molecule has 1 aliphatic carbocycles. The van der Waals surface area contributed by atoms with Crippen LogP contribution in [0.2, 0.25) is 0 Å². The Bertz CT molecular complexity index is 936. The number of ether oxygens (including phenoxy) is 4. The van der Waals surface area contributed by atoms with Gasteiger partial charge in [0.15, 0.2) is 13.2 Å². The number of carbonyl (C=O) groups excluding carboxylic acids is 3. The zero-order valence-electron chi connectivity index (χ0n) is 17.5. The minimum absolute atomic E-state index is 0.253. The molecular formula is C22H25NO7S. The third kappa shape index (κ3) is 5.97. The monoisotopic (exact) mass is 447 g/mol.